The van der Waals surface area contributed by atoms with Crippen LogP contribution in [-0.4, -0.2) is 5.11 Å². The molecule has 0 saturated carbocycles. The van der Waals surface area contributed by atoms with Gasteiger partial charge in [-0.25, -0.2) is 0 Å². The quantitative estimate of drug-likeness (QED) is 0.554. The number of hydrogen-bond acceptors (Lipinski definition) is 1. The predicted molar refractivity (Wildman–Crippen MR) is 111 cm³/mol. The van der Waals surface area contributed by atoms with Crippen molar-refractivity contribution in [1.29, 1.82) is 0 Å². The second-order valence-electron chi connectivity index (χ2n) is 10.2. The molecule has 0 aliphatic heterocycles. The molecule has 1 aromatic carbocycles. The van der Waals surface area contributed by atoms with Gasteiger partial charge in [-0.05, 0) is 58.6 Å². The first-order valence-corrected chi connectivity index (χ1v) is 10.0. The summed E-state index contributed by atoms with van der Waals surface area (Å²) in [4.78, 5) is 0. The fraction of sp³-hybridized carbons (Fsp3) is 0.708. The molecular formula is C24H41O. The molecule has 0 aliphatic rings. The van der Waals surface area contributed by atoms with E-state index in [9.17, 15) is 5.11 Å². The van der Waals surface area contributed by atoms with Crippen molar-refractivity contribution in [3.05, 3.63) is 35.2 Å². The molecular weight excluding hydrogens is 304 g/mol. The average Bonchev–Trinajstić information content (AvgIpc) is 2.44. The van der Waals surface area contributed by atoms with Gasteiger partial charge in [0.2, 0.25) is 0 Å². The monoisotopic (exact) mass is 345 g/mol. The lowest BCUT2D eigenvalue weighted by atomic mass is 9.77. The molecule has 0 heterocycles. The molecule has 1 heteroatoms. The molecule has 0 fully saturated rings. The van der Waals surface area contributed by atoms with Crippen molar-refractivity contribution in [3.63, 3.8) is 0 Å². The molecule has 0 aromatic heterocycles. The minimum absolute atomic E-state index is 0.0524. The summed E-state index contributed by atoms with van der Waals surface area (Å²) >= 11 is 0. The van der Waals surface area contributed by atoms with Gasteiger partial charge in [-0.3, -0.25) is 0 Å². The zero-order chi connectivity index (χ0) is 19.4. The van der Waals surface area contributed by atoms with Gasteiger partial charge >= 0.3 is 0 Å². The van der Waals surface area contributed by atoms with E-state index < -0.39 is 0 Å². The van der Waals surface area contributed by atoms with Crippen LogP contribution in [0, 0.1) is 18.3 Å². The Balaban J connectivity index is 3.13. The Morgan fingerprint density at radius 3 is 1.76 bits per heavy atom. The normalized spacial score (nSPS) is 14.2. The Hall–Kier alpha value is -0.980. The van der Waals surface area contributed by atoms with E-state index in [1.54, 1.807) is 0 Å². The van der Waals surface area contributed by atoms with Crippen LogP contribution >= 0.6 is 0 Å². The van der Waals surface area contributed by atoms with E-state index in [1.165, 1.54) is 24.8 Å². The number of benzene rings is 1. The van der Waals surface area contributed by atoms with Crippen molar-refractivity contribution in [1.82, 2.24) is 0 Å². The van der Waals surface area contributed by atoms with Crippen molar-refractivity contribution < 1.29 is 5.11 Å². The van der Waals surface area contributed by atoms with Crippen molar-refractivity contribution >= 4 is 0 Å². The Morgan fingerprint density at radius 2 is 1.40 bits per heavy atom. The number of phenols is 1. The Morgan fingerprint density at radius 1 is 0.920 bits per heavy atom. The molecule has 0 aliphatic carbocycles. The van der Waals surface area contributed by atoms with Gasteiger partial charge in [0.25, 0.3) is 0 Å². The third-order valence-corrected chi connectivity index (χ3v) is 5.11. The van der Waals surface area contributed by atoms with Gasteiger partial charge in [0.05, 0.1) is 0 Å². The highest BCUT2D eigenvalue weighted by molar-refractivity contribution is 5.50. The van der Waals surface area contributed by atoms with Gasteiger partial charge in [0.1, 0.15) is 5.75 Å². The van der Waals surface area contributed by atoms with Gasteiger partial charge in [0.15, 0.2) is 0 Å². The fourth-order valence-electron chi connectivity index (χ4n) is 3.43. The molecule has 1 unspecified atom stereocenters. The maximum atomic E-state index is 10.9. The van der Waals surface area contributed by atoms with E-state index in [-0.39, 0.29) is 10.8 Å². The number of phenolic OH excluding ortho intramolecular Hbond substituents is 1. The Labute approximate surface area is 157 Å². The molecule has 25 heavy (non-hydrogen) atoms. The van der Waals surface area contributed by atoms with E-state index >= 15 is 0 Å². The first-order chi connectivity index (χ1) is 11.4. The van der Waals surface area contributed by atoms with Crippen LogP contribution in [0.2, 0.25) is 0 Å². The highest BCUT2D eigenvalue weighted by Crippen LogP contribution is 2.40. The van der Waals surface area contributed by atoms with Crippen molar-refractivity contribution in [2.75, 3.05) is 0 Å². The maximum absolute atomic E-state index is 10.9. The first kappa shape index (κ1) is 22.1. The molecule has 0 saturated heterocycles. The number of aromatic hydroxyl groups is 1. The lowest BCUT2D eigenvalue weighted by Crippen LogP contribution is -2.18. The Bertz CT molecular complexity index is 505. The summed E-state index contributed by atoms with van der Waals surface area (Å²) in [5, 5.41) is 10.9. The summed E-state index contributed by atoms with van der Waals surface area (Å²) in [6.45, 7) is 19.9. The van der Waals surface area contributed by atoms with Crippen LogP contribution in [0.25, 0.3) is 0 Å². The summed E-state index contributed by atoms with van der Waals surface area (Å²) in [6, 6.07) is 4.48. The summed E-state index contributed by atoms with van der Waals surface area (Å²) in [5.41, 5.74) is 3.41. The van der Waals surface area contributed by atoms with Crippen LogP contribution in [0.4, 0.5) is 0 Å². The molecule has 1 nitrogen and oxygen atoms in total. The van der Waals surface area contributed by atoms with Crippen LogP contribution in [0.5, 0.6) is 5.75 Å². The smallest absolute Gasteiger partial charge is 0.123 e. The zero-order valence-electron chi connectivity index (χ0n) is 18.2. The van der Waals surface area contributed by atoms with Crippen LogP contribution in [-0.2, 0) is 17.3 Å². The van der Waals surface area contributed by atoms with E-state index in [1.807, 2.05) is 0 Å². The van der Waals surface area contributed by atoms with Crippen molar-refractivity contribution in [2.45, 2.75) is 98.8 Å². The van der Waals surface area contributed by atoms with E-state index in [0.29, 0.717) is 11.7 Å². The predicted octanol–water partition coefficient (Wildman–Crippen LogP) is 7.20. The largest absolute Gasteiger partial charge is 0.507 e. The van der Waals surface area contributed by atoms with Gasteiger partial charge in [-0.15, -0.1) is 0 Å². The van der Waals surface area contributed by atoms with Gasteiger partial charge < -0.3 is 5.11 Å². The summed E-state index contributed by atoms with van der Waals surface area (Å²) in [5.74, 6) is 1.88. The highest BCUT2D eigenvalue weighted by Gasteiger charge is 2.26. The minimum Gasteiger partial charge on any atom is -0.507 e. The third-order valence-electron chi connectivity index (χ3n) is 5.11. The van der Waals surface area contributed by atoms with E-state index in [0.717, 1.165) is 23.5 Å². The maximum Gasteiger partial charge on any atom is 0.123 e. The zero-order valence-corrected chi connectivity index (χ0v) is 18.2. The second kappa shape index (κ2) is 8.60. The highest BCUT2D eigenvalue weighted by atomic mass is 16.3. The van der Waals surface area contributed by atoms with Crippen molar-refractivity contribution in [2.24, 2.45) is 11.8 Å². The molecule has 0 spiro atoms. The summed E-state index contributed by atoms with van der Waals surface area (Å²) in [6.07, 6.45) is 7.29. The average molecular weight is 346 g/mol. The van der Waals surface area contributed by atoms with Crippen LogP contribution in [0.1, 0.15) is 98.3 Å². The van der Waals surface area contributed by atoms with Crippen LogP contribution < -0.4 is 0 Å². The molecule has 1 aromatic rings. The molecule has 1 radical (unpaired) electrons. The number of hydrogen-bond donors (Lipinski definition) is 1. The standard InChI is InChI=1S/C24H41O/c1-10-18(13-11-12-17(2)3)14-19-15-20(23(4,5)6)22(25)21(16-19)24(7,8)9/h10,15-18,25H,11-14H2,1-9H3. The lowest BCUT2D eigenvalue weighted by molar-refractivity contribution is 0.421. The summed E-state index contributed by atoms with van der Waals surface area (Å²) < 4.78 is 0. The van der Waals surface area contributed by atoms with Crippen LogP contribution in [0.3, 0.4) is 0 Å². The molecule has 1 rings (SSSR count). The third kappa shape index (κ3) is 6.68. The van der Waals surface area contributed by atoms with Crippen molar-refractivity contribution in [3.8, 4) is 5.75 Å². The topological polar surface area (TPSA) is 20.2 Å². The molecule has 1 N–H and O–H groups in total. The van der Waals surface area contributed by atoms with Gasteiger partial charge in [0, 0.05) is 0 Å². The first-order valence-electron chi connectivity index (χ1n) is 10.0. The SMILES string of the molecule is C[CH]C(CCCC(C)C)Cc1cc(C(C)(C)C)c(O)c(C(C)(C)C)c1. The lowest BCUT2D eigenvalue weighted by Gasteiger charge is -2.29. The molecule has 143 valence electrons. The van der Waals surface area contributed by atoms with Gasteiger partial charge in [-0.2, -0.15) is 0 Å². The molecule has 1 atom stereocenters. The van der Waals surface area contributed by atoms with E-state index in [4.69, 9.17) is 0 Å². The summed E-state index contributed by atoms with van der Waals surface area (Å²) in [7, 11) is 0. The molecule has 0 amide bonds. The van der Waals surface area contributed by atoms with Crippen LogP contribution in [0.15, 0.2) is 12.1 Å². The second-order valence-corrected chi connectivity index (χ2v) is 10.2. The number of rotatable bonds is 7. The van der Waals surface area contributed by atoms with Gasteiger partial charge in [-0.1, -0.05) is 87.3 Å². The molecule has 0 bridgehead atoms. The fourth-order valence-corrected chi connectivity index (χ4v) is 3.43. The van der Waals surface area contributed by atoms with E-state index in [2.05, 4.69) is 80.9 Å². The minimum atomic E-state index is -0.0524. The Kier molecular flexibility index (Phi) is 7.59.